The molecule has 2 unspecified atom stereocenters. The van der Waals surface area contributed by atoms with Gasteiger partial charge in [-0.2, -0.15) is 5.26 Å². The Morgan fingerprint density at radius 3 is 3.00 bits per heavy atom. The quantitative estimate of drug-likeness (QED) is 0.638. The molecule has 1 aliphatic heterocycles. The summed E-state index contributed by atoms with van der Waals surface area (Å²) in [5.41, 5.74) is 0. The molecule has 0 aromatic rings. The number of hydrogen-bond acceptors (Lipinski definition) is 3. The maximum atomic E-state index is 10.8. The Labute approximate surface area is 77.8 Å². The van der Waals surface area contributed by atoms with Crippen molar-refractivity contribution in [1.29, 1.82) is 5.26 Å². The first-order chi connectivity index (χ1) is 6.15. The second-order valence-corrected chi connectivity index (χ2v) is 3.61. The summed E-state index contributed by atoms with van der Waals surface area (Å²) >= 11 is 0. The second kappa shape index (κ2) is 4.24. The van der Waals surface area contributed by atoms with Crippen molar-refractivity contribution in [3.8, 4) is 6.07 Å². The topological polar surface area (TPSA) is 64.3 Å². The molecule has 0 amide bonds. The molecule has 0 spiro atoms. The van der Waals surface area contributed by atoms with Crippen molar-refractivity contribution >= 4 is 5.97 Å². The fourth-order valence-corrected chi connectivity index (χ4v) is 1.73. The smallest absolute Gasteiger partial charge is 0.320 e. The van der Waals surface area contributed by atoms with E-state index in [1.54, 1.807) is 4.90 Å². The molecule has 1 fully saturated rings. The first-order valence-electron chi connectivity index (χ1n) is 4.49. The summed E-state index contributed by atoms with van der Waals surface area (Å²) in [6.07, 6.45) is 1.66. The van der Waals surface area contributed by atoms with Crippen LogP contribution in [0, 0.1) is 17.2 Å². The van der Waals surface area contributed by atoms with E-state index in [0.29, 0.717) is 12.3 Å². The van der Waals surface area contributed by atoms with Crippen molar-refractivity contribution < 1.29 is 9.90 Å². The number of carboxylic acid groups (broad SMARTS) is 1. The van der Waals surface area contributed by atoms with Crippen LogP contribution in [-0.2, 0) is 4.79 Å². The van der Waals surface area contributed by atoms with E-state index in [4.69, 9.17) is 10.4 Å². The molecule has 1 rings (SSSR count). The van der Waals surface area contributed by atoms with Crippen LogP contribution >= 0.6 is 0 Å². The van der Waals surface area contributed by atoms with Gasteiger partial charge in [0.25, 0.3) is 0 Å². The van der Waals surface area contributed by atoms with Gasteiger partial charge in [0.1, 0.15) is 6.04 Å². The fraction of sp³-hybridized carbons (Fsp3) is 0.778. The Balaban J connectivity index is 2.61. The molecule has 72 valence electrons. The molecule has 1 heterocycles. The molecule has 1 N–H and O–H groups in total. The molecule has 0 aliphatic carbocycles. The zero-order valence-corrected chi connectivity index (χ0v) is 7.73. The molecule has 0 aromatic heterocycles. The number of likely N-dealkylation sites (tertiary alicyclic amines) is 1. The van der Waals surface area contributed by atoms with Gasteiger partial charge in [-0.25, -0.2) is 0 Å². The molecule has 0 bridgehead atoms. The van der Waals surface area contributed by atoms with Gasteiger partial charge in [-0.1, -0.05) is 6.92 Å². The Kier molecular flexibility index (Phi) is 3.26. The van der Waals surface area contributed by atoms with Crippen molar-refractivity contribution in [1.82, 2.24) is 4.90 Å². The van der Waals surface area contributed by atoms with Crippen LogP contribution in [0.5, 0.6) is 0 Å². The lowest BCUT2D eigenvalue weighted by Crippen LogP contribution is -2.46. The summed E-state index contributed by atoms with van der Waals surface area (Å²) < 4.78 is 0. The van der Waals surface area contributed by atoms with Crippen LogP contribution in [0.1, 0.15) is 19.8 Å². The van der Waals surface area contributed by atoms with Gasteiger partial charge < -0.3 is 5.11 Å². The summed E-state index contributed by atoms with van der Waals surface area (Å²) in [4.78, 5) is 12.6. The second-order valence-electron chi connectivity index (χ2n) is 3.61. The van der Waals surface area contributed by atoms with Gasteiger partial charge in [0, 0.05) is 6.54 Å². The highest BCUT2D eigenvalue weighted by Crippen LogP contribution is 2.21. The van der Waals surface area contributed by atoms with Crippen LogP contribution in [0.3, 0.4) is 0 Å². The lowest BCUT2D eigenvalue weighted by Gasteiger charge is -2.34. The molecule has 4 nitrogen and oxygen atoms in total. The molecule has 4 heteroatoms. The minimum atomic E-state index is -0.804. The third-order valence-corrected chi connectivity index (χ3v) is 2.53. The Bertz CT molecular complexity index is 234. The van der Waals surface area contributed by atoms with Crippen LogP contribution in [0.2, 0.25) is 0 Å². The van der Waals surface area contributed by atoms with Crippen molar-refractivity contribution in [3.05, 3.63) is 0 Å². The predicted molar refractivity (Wildman–Crippen MR) is 47.0 cm³/mol. The molecule has 0 aromatic carbocycles. The van der Waals surface area contributed by atoms with Crippen molar-refractivity contribution in [2.45, 2.75) is 25.8 Å². The maximum Gasteiger partial charge on any atom is 0.320 e. The number of carboxylic acids is 1. The number of piperidine rings is 1. The summed E-state index contributed by atoms with van der Waals surface area (Å²) in [7, 11) is 0. The predicted octanol–water partition coefficient (Wildman–Crippen LogP) is 0.695. The van der Waals surface area contributed by atoms with Gasteiger partial charge in [-0.15, -0.1) is 0 Å². The Morgan fingerprint density at radius 1 is 1.77 bits per heavy atom. The number of rotatable bonds is 2. The van der Waals surface area contributed by atoms with Crippen LogP contribution in [0.15, 0.2) is 0 Å². The molecule has 2 atom stereocenters. The monoisotopic (exact) mass is 182 g/mol. The number of hydrogen-bond donors (Lipinski definition) is 1. The number of nitriles is 1. The molecule has 0 radical (unpaired) electrons. The van der Waals surface area contributed by atoms with Crippen molar-refractivity contribution in [3.63, 3.8) is 0 Å². The molecular weight excluding hydrogens is 168 g/mol. The highest BCUT2D eigenvalue weighted by Gasteiger charge is 2.31. The van der Waals surface area contributed by atoms with Crippen LogP contribution < -0.4 is 0 Å². The van der Waals surface area contributed by atoms with E-state index in [9.17, 15) is 4.79 Å². The molecular formula is C9H14N2O2. The van der Waals surface area contributed by atoms with E-state index < -0.39 is 12.0 Å². The van der Waals surface area contributed by atoms with Gasteiger partial charge in [-0.05, 0) is 18.8 Å². The lowest BCUT2D eigenvalue weighted by atomic mass is 9.92. The maximum absolute atomic E-state index is 10.8. The molecule has 1 aliphatic rings. The standard InChI is InChI=1S/C9H14N2O2/c1-7-2-4-11(5-3-10)8(6-7)9(12)13/h7-8H,2,4-6H2,1H3,(H,12,13). The van der Waals surface area contributed by atoms with Crippen LogP contribution in [0.25, 0.3) is 0 Å². The van der Waals surface area contributed by atoms with E-state index in [0.717, 1.165) is 13.0 Å². The first kappa shape index (κ1) is 10.0. The summed E-state index contributed by atoms with van der Waals surface area (Å²) in [6.45, 7) is 3.01. The third kappa shape index (κ3) is 2.43. The van der Waals surface area contributed by atoms with Crippen molar-refractivity contribution in [2.24, 2.45) is 5.92 Å². The number of aliphatic carboxylic acids is 1. The zero-order chi connectivity index (χ0) is 9.84. The van der Waals surface area contributed by atoms with Crippen LogP contribution in [0.4, 0.5) is 0 Å². The largest absolute Gasteiger partial charge is 0.480 e. The Morgan fingerprint density at radius 2 is 2.46 bits per heavy atom. The number of carbonyl (C=O) groups is 1. The van der Waals surface area contributed by atoms with Gasteiger partial charge in [-0.3, -0.25) is 9.69 Å². The molecule has 13 heavy (non-hydrogen) atoms. The van der Waals surface area contributed by atoms with Gasteiger partial charge >= 0.3 is 5.97 Å². The SMILES string of the molecule is CC1CCN(CC#N)C(C(=O)O)C1. The van der Waals surface area contributed by atoms with E-state index in [1.807, 2.05) is 6.07 Å². The summed E-state index contributed by atoms with van der Waals surface area (Å²) in [5, 5.41) is 17.4. The van der Waals surface area contributed by atoms with Gasteiger partial charge in [0.2, 0.25) is 0 Å². The van der Waals surface area contributed by atoms with E-state index >= 15 is 0 Å². The molecule has 1 saturated heterocycles. The number of nitrogens with zero attached hydrogens (tertiary/aromatic N) is 2. The van der Waals surface area contributed by atoms with E-state index in [1.165, 1.54) is 0 Å². The summed E-state index contributed by atoms with van der Waals surface area (Å²) in [5.74, 6) is -0.349. The zero-order valence-electron chi connectivity index (χ0n) is 7.73. The minimum absolute atomic E-state index is 0.226. The first-order valence-corrected chi connectivity index (χ1v) is 4.49. The van der Waals surface area contributed by atoms with E-state index in [2.05, 4.69) is 6.92 Å². The minimum Gasteiger partial charge on any atom is -0.480 e. The van der Waals surface area contributed by atoms with Crippen LogP contribution in [-0.4, -0.2) is 35.1 Å². The van der Waals surface area contributed by atoms with Crippen molar-refractivity contribution in [2.75, 3.05) is 13.1 Å². The highest BCUT2D eigenvalue weighted by molar-refractivity contribution is 5.73. The van der Waals surface area contributed by atoms with Gasteiger partial charge in [0.05, 0.1) is 12.6 Å². The molecule has 0 saturated carbocycles. The average Bonchev–Trinajstić information content (AvgIpc) is 2.08. The average molecular weight is 182 g/mol. The third-order valence-electron chi connectivity index (χ3n) is 2.53. The normalized spacial score (nSPS) is 29.5. The van der Waals surface area contributed by atoms with Gasteiger partial charge in [0.15, 0.2) is 0 Å². The highest BCUT2D eigenvalue weighted by atomic mass is 16.4. The summed E-state index contributed by atoms with van der Waals surface area (Å²) in [6, 6.07) is 1.54. The lowest BCUT2D eigenvalue weighted by molar-refractivity contribution is -0.145. The van der Waals surface area contributed by atoms with E-state index in [-0.39, 0.29) is 6.54 Å². The Hall–Kier alpha value is -1.08. The fourth-order valence-electron chi connectivity index (χ4n) is 1.73.